The van der Waals surface area contributed by atoms with Gasteiger partial charge in [0.2, 0.25) is 0 Å². The number of halogens is 1. The summed E-state index contributed by atoms with van der Waals surface area (Å²) in [6.07, 6.45) is 1.58. The molecule has 0 radical (unpaired) electrons. The molecule has 3 aromatic carbocycles. The molecule has 1 fully saturated rings. The third kappa shape index (κ3) is 4.35. The van der Waals surface area contributed by atoms with Gasteiger partial charge in [0.05, 0.1) is 15.6 Å². The Bertz CT molecular complexity index is 1520. The lowest BCUT2D eigenvalue weighted by molar-refractivity contribution is -0.133. The summed E-state index contributed by atoms with van der Waals surface area (Å²) < 4.78 is 35.1. The summed E-state index contributed by atoms with van der Waals surface area (Å²) in [5.74, 6) is -0.387. The summed E-state index contributed by atoms with van der Waals surface area (Å²) >= 11 is 6.20. The number of para-hydroxylation sites is 1. The maximum Gasteiger partial charge on any atom is 0.418 e. The second-order valence-electron chi connectivity index (χ2n) is 9.77. The van der Waals surface area contributed by atoms with Gasteiger partial charge in [0.1, 0.15) is 5.54 Å². The number of carbonyl (C=O) groups is 2. The highest BCUT2D eigenvalue weighted by molar-refractivity contribution is 7.92. The number of hydrogen-bond acceptors (Lipinski definition) is 5. The molecule has 1 aliphatic heterocycles. The minimum absolute atomic E-state index is 0.00400. The smallest absolute Gasteiger partial charge is 0.418 e. The highest BCUT2D eigenvalue weighted by atomic mass is 35.5. The molecule has 0 aromatic heterocycles. The molecule has 5 rings (SSSR count). The van der Waals surface area contributed by atoms with Crippen molar-refractivity contribution in [1.82, 2.24) is 4.90 Å². The van der Waals surface area contributed by atoms with Gasteiger partial charge in [0.15, 0.2) is 6.10 Å². The van der Waals surface area contributed by atoms with Crippen molar-refractivity contribution in [3.05, 3.63) is 94.0 Å². The summed E-state index contributed by atoms with van der Waals surface area (Å²) in [5.41, 5.74) is 2.22. The predicted octanol–water partition coefficient (Wildman–Crippen LogP) is 6.18. The number of unbranched alkanes of at least 4 members (excludes halogenated alkanes) is 1. The maximum absolute atomic E-state index is 13.7. The number of carbonyl (C=O) groups excluding carboxylic acids is 2. The van der Waals surface area contributed by atoms with Crippen LogP contribution in [-0.2, 0) is 31.5 Å². The number of benzene rings is 3. The zero-order valence-electron chi connectivity index (χ0n) is 21.2. The number of nitrogens with zero attached hydrogens (tertiary/aromatic N) is 1. The molecule has 0 bridgehead atoms. The van der Waals surface area contributed by atoms with E-state index < -0.39 is 27.8 Å². The van der Waals surface area contributed by atoms with Gasteiger partial charge in [-0.15, -0.1) is 0 Å². The summed E-state index contributed by atoms with van der Waals surface area (Å²) in [6.45, 7) is 3.87. The van der Waals surface area contributed by atoms with Crippen LogP contribution in [0.15, 0.2) is 71.6 Å². The summed E-state index contributed by atoms with van der Waals surface area (Å²) in [7, 11) is -4.04. The molecule has 1 aliphatic carbocycles. The number of ether oxygens (including phenoxy) is 1. The average Bonchev–Trinajstić information content (AvgIpc) is 3.41. The molecule has 38 heavy (non-hydrogen) atoms. The minimum Gasteiger partial charge on any atom is -0.436 e. The molecule has 1 saturated heterocycles. The third-order valence-electron chi connectivity index (χ3n) is 7.43. The van der Waals surface area contributed by atoms with Crippen LogP contribution in [-0.4, -0.2) is 31.4 Å². The van der Waals surface area contributed by atoms with Crippen molar-refractivity contribution in [3.8, 4) is 0 Å². The number of imide groups is 1. The number of anilines is 1. The first-order chi connectivity index (χ1) is 18.2. The van der Waals surface area contributed by atoms with E-state index in [1.54, 1.807) is 36.4 Å². The van der Waals surface area contributed by atoms with Crippen molar-refractivity contribution in [2.75, 3.05) is 4.72 Å². The largest absolute Gasteiger partial charge is 0.436 e. The summed E-state index contributed by atoms with van der Waals surface area (Å²) in [5, 5.41) is 0.271. The fourth-order valence-electron chi connectivity index (χ4n) is 5.56. The first-order valence-electron chi connectivity index (χ1n) is 12.7. The van der Waals surface area contributed by atoms with Gasteiger partial charge < -0.3 is 4.74 Å². The van der Waals surface area contributed by atoms with Crippen molar-refractivity contribution in [2.24, 2.45) is 0 Å². The summed E-state index contributed by atoms with van der Waals surface area (Å²) in [4.78, 5) is 28.3. The number of hydrogen-bond donors (Lipinski definition) is 1. The van der Waals surface area contributed by atoms with Gasteiger partial charge in [-0.2, -0.15) is 0 Å². The van der Waals surface area contributed by atoms with E-state index in [4.69, 9.17) is 16.3 Å². The molecule has 2 atom stereocenters. The Labute approximate surface area is 227 Å². The van der Waals surface area contributed by atoms with E-state index in [9.17, 15) is 18.0 Å². The minimum atomic E-state index is -4.04. The van der Waals surface area contributed by atoms with Crippen LogP contribution in [0.25, 0.3) is 0 Å². The Kier molecular flexibility index (Phi) is 6.96. The molecule has 7 nitrogen and oxygen atoms in total. The van der Waals surface area contributed by atoms with Gasteiger partial charge >= 0.3 is 6.09 Å². The highest BCUT2D eigenvalue weighted by Gasteiger charge is 2.56. The Morgan fingerprint density at radius 2 is 1.79 bits per heavy atom. The standard InChI is InChI=1S/C29H29ClN2O5S/c1-3-4-13-26-27(33)32(28(34)37-26)29(17-16-20-9-5-6-10-22(20)29)23-18-21(15-14-19(23)2)38(35,36)31-25-12-8-7-11-24(25)30/h5-12,14-15,18,26,31H,3-4,13,16-17H2,1-2H3. The Morgan fingerprint density at radius 1 is 1.05 bits per heavy atom. The zero-order chi connectivity index (χ0) is 27.1. The highest BCUT2D eigenvalue weighted by Crippen LogP contribution is 2.50. The van der Waals surface area contributed by atoms with Crippen molar-refractivity contribution in [3.63, 3.8) is 0 Å². The van der Waals surface area contributed by atoms with Gasteiger partial charge in [-0.25, -0.2) is 18.1 Å². The van der Waals surface area contributed by atoms with E-state index in [0.717, 1.165) is 29.5 Å². The van der Waals surface area contributed by atoms with Crippen LogP contribution < -0.4 is 4.72 Å². The molecule has 198 valence electrons. The third-order valence-corrected chi connectivity index (χ3v) is 9.12. The van der Waals surface area contributed by atoms with Crippen molar-refractivity contribution >= 4 is 39.3 Å². The van der Waals surface area contributed by atoms with Crippen molar-refractivity contribution in [1.29, 1.82) is 0 Å². The SMILES string of the molecule is CCCCC1OC(=O)N(C2(c3cc(S(=O)(=O)Nc4ccccc4Cl)ccc3C)CCc3ccccc32)C1=O. The van der Waals surface area contributed by atoms with Gasteiger partial charge in [-0.3, -0.25) is 9.52 Å². The van der Waals surface area contributed by atoms with E-state index in [1.807, 2.05) is 38.1 Å². The molecule has 0 saturated carbocycles. The fraction of sp³-hybridized carbons (Fsp3) is 0.310. The Balaban J connectivity index is 1.65. The second-order valence-corrected chi connectivity index (χ2v) is 11.9. The van der Waals surface area contributed by atoms with Gasteiger partial charge in [-0.1, -0.05) is 67.4 Å². The molecular formula is C29H29ClN2O5S. The first-order valence-corrected chi connectivity index (χ1v) is 14.6. The Hall–Kier alpha value is -3.36. The normalized spacial score (nSPS) is 20.9. The van der Waals surface area contributed by atoms with E-state index in [1.165, 1.54) is 11.0 Å². The monoisotopic (exact) mass is 552 g/mol. The van der Waals surface area contributed by atoms with Crippen LogP contribution in [0.4, 0.5) is 10.5 Å². The number of nitrogens with one attached hydrogen (secondary N) is 1. The number of sulfonamides is 1. The van der Waals surface area contributed by atoms with Crippen molar-refractivity contribution < 1.29 is 22.7 Å². The van der Waals surface area contributed by atoms with Gasteiger partial charge in [-0.05, 0) is 79.1 Å². The molecule has 2 amide bonds. The topological polar surface area (TPSA) is 92.8 Å². The first kappa shape index (κ1) is 26.3. The van der Waals surface area contributed by atoms with E-state index in [2.05, 4.69) is 4.72 Å². The number of aryl methyl sites for hydroxylation is 2. The van der Waals surface area contributed by atoms with E-state index in [0.29, 0.717) is 24.8 Å². The van der Waals surface area contributed by atoms with E-state index in [-0.39, 0.29) is 21.5 Å². The predicted molar refractivity (Wildman–Crippen MR) is 146 cm³/mol. The molecular weight excluding hydrogens is 524 g/mol. The quantitative estimate of drug-likeness (QED) is 0.360. The lowest BCUT2D eigenvalue weighted by atomic mass is 9.80. The van der Waals surface area contributed by atoms with Gasteiger partial charge in [0, 0.05) is 0 Å². The number of rotatable bonds is 8. The van der Waals surface area contributed by atoms with Crippen LogP contribution >= 0.6 is 11.6 Å². The number of amides is 2. The second kappa shape index (κ2) is 10.1. The molecule has 0 spiro atoms. The lowest BCUT2D eigenvalue weighted by Crippen LogP contribution is -2.50. The number of cyclic esters (lactones) is 1. The van der Waals surface area contributed by atoms with Crippen LogP contribution in [0.2, 0.25) is 5.02 Å². The van der Waals surface area contributed by atoms with Crippen LogP contribution in [0.1, 0.15) is 54.9 Å². The lowest BCUT2D eigenvalue weighted by Gasteiger charge is -2.38. The van der Waals surface area contributed by atoms with E-state index >= 15 is 0 Å². The number of fused-ring (bicyclic) bond motifs is 1. The molecule has 2 aliphatic rings. The molecule has 9 heteroatoms. The maximum atomic E-state index is 13.7. The summed E-state index contributed by atoms with van der Waals surface area (Å²) in [6, 6.07) is 19.1. The Morgan fingerprint density at radius 3 is 2.55 bits per heavy atom. The van der Waals surface area contributed by atoms with Gasteiger partial charge in [0.25, 0.3) is 15.9 Å². The zero-order valence-corrected chi connectivity index (χ0v) is 22.8. The van der Waals surface area contributed by atoms with Crippen LogP contribution in [0.3, 0.4) is 0 Å². The molecule has 1 heterocycles. The van der Waals surface area contributed by atoms with Crippen molar-refractivity contribution in [2.45, 2.75) is 62.5 Å². The van der Waals surface area contributed by atoms with Crippen LogP contribution in [0, 0.1) is 6.92 Å². The molecule has 1 N–H and O–H groups in total. The molecule has 2 unspecified atom stereocenters. The average molecular weight is 553 g/mol. The molecule has 3 aromatic rings. The van der Waals surface area contributed by atoms with Crippen LogP contribution in [0.5, 0.6) is 0 Å². The fourth-order valence-corrected chi connectivity index (χ4v) is 6.91.